The molecule has 1 unspecified atom stereocenters. The zero-order valence-corrected chi connectivity index (χ0v) is 17.6. The average molecular weight is 451 g/mol. The predicted molar refractivity (Wildman–Crippen MR) is 104 cm³/mol. The van der Waals surface area contributed by atoms with Gasteiger partial charge in [0, 0.05) is 29.2 Å². The molecule has 1 aromatic carbocycles. The summed E-state index contributed by atoms with van der Waals surface area (Å²) in [5.41, 5.74) is 0.433. The highest BCUT2D eigenvalue weighted by molar-refractivity contribution is 7.87. The van der Waals surface area contributed by atoms with Crippen molar-refractivity contribution in [3.8, 4) is 0 Å². The van der Waals surface area contributed by atoms with Gasteiger partial charge in [-0.1, -0.05) is 29.3 Å². The highest BCUT2D eigenvalue weighted by Crippen LogP contribution is 2.34. The largest absolute Gasteiger partial charge is 0.469 e. The Morgan fingerprint density at radius 2 is 2.00 bits per heavy atom. The molecule has 1 aromatic rings. The Morgan fingerprint density at radius 1 is 1.29 bits per heavy atom. The summed E-state index contributed by atoms with van der Waals surface area (Å²) in [4.78, 5) is 23.7. The number of benzene rings is 1. The Balaban J connectivity index is 2.39. The highest BCUT2D eigenvalue weighted by Gasteiger charge is 2.37. The van der Waals surface area contributed by atoms with Gasteiger partial charge in [0.1, 0.15) is 0 Å². The number of nitrogens with one attached hydrogen (secondary N) is 1. The van der Waals surface area contributed by atoms with Crippen molar-refractivity contribution < 1.29 is 27.5 Å². The number of nitrogens with zero attached hydrogens (tertiary/aromatic N) is 1. The third kappa shape index (κ3) is 5.38. The predicted octanol–water partition coefficient (Wildman–Crippen LogP) is 2.58. The minimum absolute atomic E-state index is 0.0194. The van der Waals surface area contributed by atoms with E-state index in [-0.39, 0.29) is 36.6 Å². The van der Waals surface area contributed by atoms with Gasteiger partial charge >= 0.3 is 22.1 Å². The lowest BCUT2D eigenvalue weighted by molar-refractivity contribution is -0.141. The van der Waals surface area contributed by atoms with E-state index >= 15 is 0 Å². The molecule has 0 amide bonds. The molecule has 0 spiro atoms. The minimum Gasteiger partial charge on any atom is -0.469 e. The summed E-state index contributed by atoms with van der Waals surface area (Å²) in [6, 6.07) is 3.50. The van der Waals surface area contributed by atoms with Gasteiger partial charge in [0.05, 0.1) is 25.3 Å². The van der Waals surface area contributed by atoms with Gasteiger partial charge < -0.3 is 9.47 Å². The lowest BCUT2D eigenvalue weighted by atomic mass is 10.00. The number of methoxy groups -OCH3 is 1. The van der Waals surface area contributed by atoms with E-state index in [1.54, 1.807) is 13.0 Å². The maximum Gasteiger partial charge on any atom is 0.337 e. The second kappa shape index (κ2) is 9.60. The molecule has 0 aromatic heterocycles. The zero-order valence-electron chi connectivity index (χ0n) is 15.3. The fourth-order valence-electron chi connectivity index (χ4n) is 2.60. The van der Waals surface area contributed by atoms with E-state index in [1.165, 1.54) is 25.4 Å². The van der Waals surface area contributed by atoms with Crippen molar-refractivity contribution in [2.75, 3.05) is 20.3 Å². The first-order valence-corrected chi connectivity index (χ1v) is 10.6. The second-order valence-electron chi connectivity index (χ2n) is 5.82. The van der Waals surface area contributed by atoms with Crippen LogP contribution in [0.5, 0.6) is 0 Å². The van der Waals surface area contributed by atoms with Crippen LogP contribution in [0, 0.1) is 0 Å². The molecule has 0 bridgehead atoms. The molecular weight excluding hydrogens is 431 g/mol. The third-order valence-corrected chi connectivity index (χ3v) is 5.94. The van der Waals surface area contributed by atoms with Gasteiger partial charge in [0.15, 0.2) is 0 Å². The number of ether oxygens (including phenoxy) is 2. The van der Waals surface area contributed by atoms with E-state index in [1.807, 2.05) is 0 Å². The molecule has 0 fully saturated rings. The standard InChI is InChI=1S/C17H20Cl2N2O6S/c1-3-27-17(23)13-10-21(8-4-5-15(22)26-2)28(24,25)20-16(13)12-7-6-11(18)9-14(12)19/h6-7,9-10,16,20H,3-5,8H2,1-2H3. The van der Waals surface area contributed by atoms with E-state index in [0.29, 0.717) is 10.6 Å². The van der Waals surface area contributed by atoms with Crippen LogP contribution in [0.3, 0.4) is 0 Å². The number of hydrogen-bond donors (Lipinski definition) is 1. The number of rotatable bonds is 7. The quantitative estimate of drug-likeness (QED) is 0.640. The number of esters is 2. The molecule has 2 rings (SSSR count). The van der Waals surface area contributed by atoms with E-state index in [9.17, 15) is 18.0 Å². The average Bonchev–Trinajstić information content (AvgIpc) is 2.62. The molecule has 0 saturated carbocycles. The smallest absolute Gasteiger partial charge is 0.337 e. The Kier molecular flexibility index (Phi) is 7.70. The Hall–Kier alpha value is -1.81. The second-order valence-corrected chi connectivity index (χ2v) is 8.32. The Labute approximate surface area is 173 Å². The van der Waals surface area contributed by atoms with E-state index < -0.39 is 28.2 Å². The fraction of sp³-hybridized carbons (Fsp3) is 0.412. The first kappa shape index (κ1) is 22.5. The molecule has 1 aliphatic rings. The molecule has 28 heavy (non-hydrogen) atoms. The van der Waals surface area contributed by atoms with Crippen LogP contribution in [0.2, 0.25) is 10.0 Å². The number of carbonyl (C=O) groups is 2. The Bertz CT molecular complexity index is 888. The monoisotopic (exact) mass is 450 g/mol. The fourth-order valence-corrected chi connectivity index (χ4v) is 4.42. The topological polar surface area (TPSA) is 102 Å². The van der Waals surface area contributed by atoms with E-state index in [0.717, 1.165) is 4.31 Å². The Morgan fingerprint density at radius 3 is 2.61 bits per heavy atom. The van der Waals surface area contributed by atoms with Gasteiger partial charge in [-0.25, -0.2) is 4.79 Å². The van der Waals surface area contributed by atoms with Crippen LogP contribution in [-0.4, -0.2) is 44.9 Å². The first-order valence-electron chi connectivity index (χ1n) is 8.39. The van der Waals surface area contributed by atoms with Gasteiger partial charge in [0.25, 0.3) is 0 Å². The molecule has 1 aliphatic heterocycles. The van der Waals surface area contributed by atoms with Gasteiger partial charge in [-0.05, 0) is 31.0 Å². The molecule has 11 heteroatoms. The molecule has 1 heterocycles. The molecule has 154 valence electrons. The van der Waals surface area contributed by atoms with Crippen molar-refractivity contribution in [2.24, 2.45) is 0 Å². The molecule has 8 nitrogen and oxygen atoms in total. The molecular formula is C17H20Cl2N2O6S. The lowest BCUT2D eigenvalue weighted by Gasteiger charge is -2.32. The van der Waals surface area contributed by atoms with Crippen molar-refractivity contribution in [1.82, 2.24) is 9.03 Å². The molecule has 1 N–H and O–H groups in total. The number of hydrogen-bond acceptors (Lipinski definition) is 6. The SMILES string of the molecule is CCOC(=O)C1=CN(CCCC(=O)OC)S(=O)(=O)NC1c1ccc(Cl)cc1Cl. The van der Waals surface area contributed by atoms with Crippen molar-refractivity contribution in [3.63, 3.8) is 0 Å². The van der Waals surface area contributed by atoms with Crippen molar-refractivity contribution in [2.45, 2.75) is 25.8 Å². The van der Waals surface area contributed by atoms with Gasteiger partial charge in [-0.2, -0.15) is 13.1 Å². The van der Waals surface area contributed by atoms with Crippen LogP contribution >= 0.6 is 23.2 Å². The molecule has 0 aliphatic carbocycles. The number of carbonyl (C=O) groups excluding carboxylic acids is 2. The summed E-state index contributed by atoms with van der Waals surface area (Å²) in [6.07, 6.45) is 1.46. The van der Waals surface area contributed by atoms with Crippen LogP contribution in [0.1, 0.15) is 31.4 Å². The van der Waals surface area contributed by atoms with E-state index in [4.69, 9.17) is 27.9 Å². The lowest BCUT2D eigenvalue weighted by Crippen LogP contribution is -2.46. The minimum atomic E-state index is -3.98. The normalized spacial score (nSPS) is 18.4. The summed E-state index contributed by atoms with van der Waals surface area (Å²) >= 11 is 12.1. The van der Waals surface area contributed by atoms with Gasteiger partial charge in [0.2, 0.25) is 0 Å². The van der Waals surface area contributed by atoms with Gasteiger partial charge in [-0.3, -0.25) is 9.10 Å². The van der Waals surface area contributed by atoms with Crippen molar-refractivity contribution in [3.05, 3.63) is 45.6 Å². The summed E-state index contributed by atoms with van der Waals surface area (Å²) in [7, 11) is -2.73. The summed E-state index contributed by atoms with van der Waals surface area (Å²) < 4.78 is 38.3. The summed E-state index contributed by atoms with van der Waals surface area (Å²) in [5, 5.41) is 0.577. The summed E-state index contributed by atoms with van der Waals surface area (Å²) in [6.45, 7) is 1.74. The first-order chi connectivity index (χ1) is 13.2. The van der Waals surface area contributed by atoms with Crippen LogP contribution in [0.25, 0.3) is 0 Å². The van der Waals surface area contributed by atoms with Crippen molar-refractivity contribution >= 4 is 45.3 Å². The number of halogens is 2. The van der Waals surface area contributed by atoms with E-state index in [2.05, 4.69) is 9.46 Å². The highest BCUT2D eigenvalue weighted by atomic mass is 35.5. The maximum absolute atomic E-state index is 12.6. The van der Waals surface area contributed by atoms with Crippen LogP contribution in [-0.2, 0) is 29.3 Å². The van der Waals surface area contributed by atoms with Crippen LogP contribution in [0.15, 0.2) is 30.0 Å². The molecule has 0 radical (unpaired) electrons. The van der Waals surface area contributed by atoms with Gasteiger partial charge in [-0.15, -0.1) is 0 Å². The van der Waals surface area contributed by atoms with Crippen molar-refractivity contribution in [1.29, 1.82) is 0 Å². The summed E-state index contributed by atoms with van der Waals surface area (Å²) in [5.74, 6) is -1.14. The van der Waals surface area contributed by atoms with Crippen LogP contribution < -0.4 is 4.72 Å². The maximum atomic E-state index is 12.6. The third-order valence-electron chi connectivity index (χ3n) is 3.94. The van der Waals surface area contributed by atoms with Crippen LogP contribution in [0.4, 0.5) is 0 Å². The zero-order chi connectivity index (χ0) is 20.9. The molecule has 1 atom stereocenters. The molecule has 0 saturated heterocycles.